The van der Waals surface area contributed by atoms with Gasteiger partial charge in [0.15, 0.2) is 0 Å². The molecule has 3 nitrogen and oxygen atoms in total. The maximum atomic E-state index is 4.41. The molecule has 1 saturated carbocycles. The lowest BCUT2D eigenvalue weighted by Gasteiger charge is -2.40. The second kappa shape index (κ2) is 7.75. The zero-order chi connectivity index (χ0) is 14.3. The summed E-state index contributed by atoms with van der Waals surface area (Å²) in [6.07, 6.45) is 9.91. The number of hydrogen-bond donors (Lipinski definition) is 1. The van der Waals surface area contributed by atoms with Gasteiger partial charge in [0.1, 0.15) is 0 Å². The number of rotatable bonds is 7. The van der Waals surface area contributed by atoms with Crippen molar-refractivity contribution in [1.82, 2.24) is 15.2 Å². The molecule has 0 unspecified atom stereocenters. The number of nitrogens with one attached hydrogen (secondary N) is 1. The molecule has 0 bridgehead atoms. The van der Waals surface area contributed by atoms with E-state index in [1.165, 1.54) is 44.3 Å². The fourth-order valence-electron chi connectivity index (χ4n) is 3.57. The van der Waals surface area contributed by atoms with Gasteiger partial charge in [0, 0.05) is 37.9 Å². The van der Waals surface area contributed by atoms with Gasteiger partial charge in [-0.15, -0.1) is 0 Å². The van der Waals surface area contributed by atoms with Gasteiger partial charge in [0.25, 0.3) is 0 Å². The molecule has 1 aromatic heterocycles. The van der Waals surface area contributed by atoms with Crippen molar-refractivity contribution in [2.24, 2.45) is 5.41 Å². The van der Waals surface area contributed by atoms with Crippen molar-refractivity contribution in [3.05, 3.63) is 30.1 Å². The van der Waals surface area contributed by atoms with Gasteiger partial charge in [-0.2, -0.15) is 0 Å². The molecule has 1 aliphatic rings. The Balaban J connectivity index is 1.83. The van der Waals surface area contributed by atoms with Crippen LogP contribution in [0.3, 0.4) is 0 Å². The Bertz CT molecular complexity index is 366. The standard InChI is InChI=1S/C17H29N3/c1-18-14-17(10-5-3-6-11-17)15-20(2)13-9-16-8-4-7-12-19-16/h4,7-8,12,18H,3,5-6,9-11,13-15H2,1-2H3. The van der Waals surface area contributed by atoms with Crippen LogP contribution in [0, 0.1) is 5.41 Å². The van der Waals surface area contributed by atoms with Gasteiger partial charge < -0.3 is 10.2 Å². The minimum atomic E-state index is 0.492. The molecule has 0 atom stereocenters. The molecule has 112 valence electrons. The van der Waals surface area contributed by atoms with E-state index in [2.05, 4.69) is 41.4 Å². The Morgan fingerprint density at radius 2 is 2.05 bits per heavy atom. The fraction of sp³-hybridized carbons (Fsp3) is 0.706. The first-order chi connectivity index (χ1) is 9.74. The van der Waals surface area contributed by atoms with Gasteiger partial charge in [0.2, 0.25) is 0 Å². The highest BCUT2D eigenvalue weighted by molar-refractivity contribution is 5.03. The van der Waals surface area contributed by atoms with Gasteiger partial charge in [-0.1, -0.05) is 25.3 Å². The van der Waals surface area contributed by atoms with Crippen LogP contribution >= 0.6 is 0 Å². The van der Waals surface area contributed by atoms with Crippen molar-refractivity contribution in [2.75, 3.05) is 33.7 Å². The second-order valence-electron chi connectivity index (χ2n) is 6.40. The van der Waals surface area contributed by atoms with Crippen LogP contribution in [-0.2, 0) is 6.42 Å². The van der Waals surface area contributed by atoms with Crippen molar-refractivity contribution < 1.29 is 0 Å². The zero-order valence-electron chi connectivity index (χ0n) is 13.1. The first-order valence-corrected chi connectivity index (χ1v) is 7.97. The minimum absolute atomic E-state index is 0.492. The summed E-state index contributed by atoms with van der Waals surface area (Å²) in [4.78, 5) is 6.91. The molecular weight excluding hydrogens is 246 g/mol. The van der Waals surface area contributed by atoms with Crippen LogP contribution in [0.15, 0.2) is 24.4 Å². The summed E-state index contributed by atoms with van der Waals surface area (Å²) < 4.78 is 0. The van der Waals surface area contributed by atoms with Gasteiger partial charge >= 0.3 is 0 Å². The highest BCUT2D eigenvalue weighted by Gasteiger charge is 2.32. The summed E-state index contributed by atoms with van der Waals surface area (Å²) in [5, 5.41) is 3.42. The van der Waals surface area contributed by atoms with E-state index >= 15 is 0 Å². The van der Waals surface area contributed by atoms with Gasteiger partial charge in [-0.05, 0) is 44.5 Å². The quantitative estimate of drug-likeness (QED) is 0.829. The average molecular weight is 275 g/mol. The lowest BCUT2D eigenvalue weighted by atomic mass is 9.73. The Kier molecular flexibility index (Phi) is 5.99. The molecule has 20 heavy (non-hydrogen) atoms. The van der Waals surface area contributed by atoms with Crippen molar-refractivity contribution >= 4 is 0 Å². The van der Waals surface area contributed by atoms with E-state index in [9.17, 15) is 0 Å². The minimum Gasteiger partial charge on any atom is -0.319 e. The summed E-state index contributed by atoms with van der Waals surface area (Å²) in [6, 6.07) is 6.18. The molecule has 1 aliphatic carbocycles. The molecule has 0 radical (unpaired) electrons. The predicted octanol–water partition coefficient (Wildman–Crippen LogP) is 2.73. The summed E-state index contributed by atoms with van der Waals surface area (Å²) in [5.41, 5.74) is 1.69. The molecule has 1 aromatic rings. The topological polar surface area (TPSA) is 28.2 Å². The van der Waals surface area contributed by atoms with E-state index in [-0.39, 0.29) is 0 Å². The van der Waals surface area contributed by atoms with E-state index < -0.39 is 0 Å². The number of aromatic nitrogens is 1. The van der Waals surface area contributed by atoms with Crippen molar-refractivity contribution in [3.63, 3.8) is 0 Å². The molecule has 1 fully saturated rings. The molecule has 1 heterocycles. The molecule has 0 saturated heterocycles. The van der Waals surface area contributed by atoms with Crippen molar-refractivity contribution in [1.29, 1.82) is 0 Å². The summed E-state index contributed by atoms with van der Waals surface area (Å²) in [7, 11) is 4.35. The zero-order valence-corrected chi connectivity index (χ0v) is 13.1. The molecule has 3 heteroatoms. The van der Waals surface area contributed by atoms with Crippen LogP contribution in [0.4, 0.5) is 0 Å². The van der Waals surface area contributed by atoms with Crippen LogP contribution in [0.25, 0.3) is 0 Å². The van der Waals surface area contributed by atoms with E-state index in [0.717, 1.165) is 19.5 Å². The Morgan fingerprint density at radius 1 is 1.25 bits per heavy atom. The molecule has 0 aromatic carbocycles. The lowest BCUT2D eigenvalue weighted by molar-refractivity contribution is 0.120. The van der Waals surface area contributed by atoms with Gasteiger partial charge in [0.05, 0.1) is 0 Å². The highest BCUT2D eigenvalue weighted by Crippen LogP contribution is 2.36. The number of likely N-dealkylation sites (N-methyl/N-ethyl adjacent to an activating group) is 1. The molecular formula is C17H29N3. The van der Waals surface area contributed by atoms with E-state index in [1.807, 2.05) is 12.3 Å². The molecule has 0 amide bonds. The Labute approximate surface area is 123 Å². The fourth-order valence-corrected chi connectivity index (χ4v) is 3.57. The SMILES string of the molecule is CNCC1(CN(C)CCc2ccccn2)CCCCC1. The number of pyridine rings is 1. The Morgan fingerprint density at radius 3 is 2.70 bits per heavy atom. The van der Waals surface area contributed by atoms with E-state index in [1.54, 1.807) is 0 Å². The first kappa shape index (κ1) is 15.5. The van der Waals surface area contributed by atoms with Crippen LogP contribution in [-0.4, -0.2) is 43.6 Å². The maximum Gasteiger partial charge on any atom is 0.0416 e. The lowest BCUT2D eigenvalue weighted by Crippen LogP contribution is -2.44. The van der Waals surface area contributed by atoms with Crippen LogP contribution in [0.2, 0.25) is 0 Å². The molecule has 0 aliphatic heterocycles. The van der Waals surface area contributed by atoms with Crippen LogP contribution in [0.1, 0.15) is 37.8 Å². The third-order valence-corrected chi connectivity index (χ3v) is 4.55. The molecule has 0 spiro atoms. The van der Waals surface area contributed by atoms with Crippen LogP contribution in [0.5, 0.6) is 0 Å². The van der Waals surface area contributed by atoms with Gasteiger partial charge in [-0.3, -0.25) is 4.98 Å². The third-order valence-electron chi connectivity index (χ3n) is 4.55. The smallest absolute Gasteiger partial charge is 0.0416 e. The van der Waals surface area contributed by atoms with Crippen molar-refractivity contribution in [3.8, 4) is 0 Å². The van der Waals surface area contributed by atoms with Crippen LogP contribution < -0.4 is 5.32 Å². The Hall–Kier alpha value is -0.930. The summed E-state index contributed by atoms with van der Waals surface area (Å²) in [5.74, 6) is 0. The second-order valence-corrected chi connectivity index (χ2v) is 6.40. The highest BCUT2D eigenvalue weighted by atomic mass is 15.1. The number of nitrogens with zero attached hydrogens (tertiary/aromatic N) is 2. The first-order valence-electron chi connectivity index (χ1n) is 7.97. The van der Waals surface area contributed by atoms with E-state index in [4.69, 9.17) is 0 Å². The average Bonchev–Trinajstić information content (AvgIpc) is 2.47. The molecule has 2 rings (SSSR count). The normalized spacial score (nSPS) is 18.4. The van der Waals surface area contributed by atoms with Gasteiger partial charge in [-0.25, -0.2) is 0 Å². The third kappa shape index (κ3) is 4.57. The summed E-state index contributed by atoms with van der Waals surface area (Å²) >= 11 is 0. The maximum absolute atomic E-state index is 4.41. The monoisotopic (exact) mass is 275 g/mol. The summed E-state index contributed by atoms with van der Waals surface area (Å²) in [6.45, 7) is 3.46. The number of hydrogen-bond acceptors (Lipinski definition) is 3. The molecule has 1 N–H and O–H groups in total. The largest absolute Gasteiger partial charge is 0.319 e. The van der Waals surface area contributed by atoms with Crippen molar-refractivity contribution in [2.45, 2.75) is 38.5 Å². The van der Waals surface area contributed by atoms with E-state index in [0.29, 0.717) is 5.41 Å². The predicted molar refractivity (Wildman–Crippen MR) is 84.9 cm³/mol.